The van der Waals surface area contributed by atoms with Crippen molar-refractivity contribution in [2.45, 2.75) is 18.2 Å². The van der Waals surface area contributed by atoms with Crippen LogP contribution < -0.4 is 5.32 Å². The van der Waals surface area contributed by atoms with Gasteiger partial charge in [-0.1, -0.05) is 18.5 Å². The van der Waals surface area contributed by atoms with Crippen LogP contribution in [0.4, 0.5) is 0 Å². The van der Waals surface area contributed by atoms with Crippen molar-refractivity contribution in [1.82, 2.24) is 10.2 Å². The van der Waals surface area contributed by atoms with Gasteiger partial charge < -0.3 is 10.2 Å². The lowest BCUT2D eigenvalue weighted by molar-refractivity contribution is 0.0784. The molecule has 110 valence electrons. The zero-order valence-electron chi connectivity index (χ0n) is 12.0. The monoisotopic (exact) mass is 312 g/mol. The lowest BCUT2D eigenvalue weighted by atomic mass is 10.1. The molecule has 0 spiro atoms. The van der Waals surface area contributed by atoms with Crippen LogP contribution in [0, 0.1) is 5.92 Å². The Hall–Kier alpha value is -0.710. The number of thioether (sulfide) groups is 1. The van der Waals surface area contributed by atoms with Gasteiger partial charge in [0.05, 0.1) is 5.56 Å². The van der Waals surface area contributed by atoms with Crippen molar-refractivity contribution in [3.8, 4) is 0 Å². The van der Waals surface area contributed by atoms with E-state index in [1.165, 1.54) is 0 Å². The summed E-state index contributed by atoms with van der Waals surface area (Å²) in [6.07, 6.45) is 1.07. The summed E-state index contributed by atoms with van der Waals surface area (Å²) in [5.41, 5.74) is 0.745. The van der Waals surface area contributed by atoms with Crippen molar-refractivity contribution >= 4 is 29.3 Å². The first-order chi connectivity index (χ1) is 9.65. The molecule has 1 N–H and O–H groups in total. The number of amides is 1. The molecule has 0 saturated carbocycles. The lowest BCUT2D eigenvalue weighted by Crippen LogP contribution is -2.30. The zero-order valence-corrected chi connectivity index (χ0v) is 13.6. The van der Waals surface area contributed by atoms with E-state index in [2.05, 4.69) is 12.2 Å². The molecule has 1 heterocycles. The first kappa shape index (κ1) is 15.7. The fraction of sp³-hybridized carbons (Fsp3) is 0.533. The van der Waals surface area contributed by atoms with E-state index in [0.29, 0.717) is 10.9 Å². The maximum Gasteiger partial charge on any atom is 0.255 e. The average molecular weight is 313 g/mol. The summed E-state index contributed by atoms with van der Waals surface area (Å²) >= 11 is 7.75. The molecular weight excluding hydrogens is 292 g/mol. The van der Waals surface area contributed by atoms with E-state index in [0.717, 1.165) is 42.3 Å². The van der Waals surface area contributed by atoms with Crippen molar-refractivity contribution in [3.63, 3.8) is 0 Å². The van der Waals surface area contributed by atoms with Gasteiger partial charge in [-0.3, -0.25) is 4.79 Å². The van der Waals surface area contributed by atoms with Crippen LogP contribution in [0.3, 0.4) is 0 Å². The number of halogens is 1. The summed E-state index contributed by atoms with van der Waals surface area (Å²) in [5, 5.41) is 3.81. The highest BCUT2D eigenvalue weighted by Gasteiger charge is 2.27. The summed E-state index contributed by atoms with van der Waals surface area (Å²) in [5.74, 6) is 1.62. The number of nitrogens with zero attached hydrogens (tertiary/aromatic N) is 1. The Labute approximate surface area is 130 Å². The van der Waals surface area contributed by atoms with E-state index in [4.69, 9.17) is 11.6 Å². The van der Waals surface area contributed by atoms with Gasteiger partial charge in [0.1, 0.15) is 0 Å². The molecule has 1 unspecified atom stereocenters. The van der Waals surface area contributed by atoms with Crippen molar-refractivity contribution in [2.24, 2.45) is 5.92 Å². The van der Waals surface area contributed by atoms with Gasteiger partial charge in [0.25, 0.3) is 5.91 Å². The minimum absolute atomic E-state index is 0.113. The van der Waals surface area contributed by atoms with Gasteiger partial charge >= 0.3 is 0 Å². The number of likely N-dealkylation sites (tertiary alicyclic amines) is 1. The van der Waals surface area contributed by atoms with Crippen molar-refractivity contribution < 1.29 is 4.79 Å². The number of nitrogens with one attached hydrogen (secondary N) is 1. The minimum atomic E-state index is 0.113. The molecule has 1 aromatic carbocycles. The fourth-order valence-corrected chi connectivity index (χ4v) is 3.54. The SMILES string of the molecule is CCSc1ccc(Cl)cc1C(=O)N1CCC(CNC)C1. The molecule has 5 heteroatoms. The molecule has 1 amide bonds. The lowest BCUT2D eigenvalue weighted by Gasteiger charge is -2.18. The third-order valence-corrected chi connectivity index (χ3v) is 4.73. The number of hydrogen-bond donors (Lipinski definition) is 1. The summed E-state index contributed by atoms with van der Waals surface area (Å²) in [4.78, 5) is 15.7. The number of rotatable bonds is 5. The first-order valence-corrected chi connectivity index (χ1v) is 8.38. The average Bonchev–Trinajstić information content (AvgIpc) is 2.89. The fourth-order valence-electron chi connectivity index (χ4n) is 2.59. The molecule has 0 aromatic heterocycles. The molecule has 1 aromatic rings. The third kappa shape index (κ3) is 3.68. The molecule has 1 aliphatic rings. The molecule has 20 heavy (non-hydrogen) atoms. The van der Waals surface area contributed by atoms with Crippen LogP contribution in [0.2, 0.25) is 5.02 Å². The van der Waals surface area contributed by atoms with Crippen LogP contribution in [0.1, 0.15) is 23.7 Å². The van der Waals surface area contributed by atoms with E-state index in [1.807, 2.05) is 24.1 Å². The normalized spacial score (nSPS) is 18.6. The van der Waals surface area contributed by atoms with E-state index in [-0.39, 0.29) is 5.91 Å². The Kier molecular flexibility index (Phi) is 5.75. The molecule has 3 nitrogen and oxygen atoms in total. The highest BCUT2D eigenvalue weighted by Crippen LogP contribution is 2.28. The van der Waals surface area contributed by atoms with Gasteiger partial charge in [-0.2, -0.15) is 0 Å². The zero-order chi connectivity index (χ0) is 14.5. The Bertz CT molecular complexity index is 481. The molecule has 1 saturated heterocycles. The topological polar surface area (TPSA) is 32.3 Å². The van der Waals surface area contributed by atoms with Crippen molar-refractivity contribution in [1.29, 1.82) is 0 Å². The van der Waals surface area contributed by atoms with Gasteiger partial charge in [0.15, 0.2) is 0 Å². The quantitative estimate of drug-likeness (QED) is 0.848. The molecule has 2 rings (SSSR count). The van der Waals surface area contributed by atoms with Gasteiger partial charge in [0.2, 0.25) is 0 Å². The molecule has 0 radical (unpaired) electrons. The van der Waals surface area contributed by atoms with Gasteiger partial charge in [-0.15, -0.1) is 11.8 Å². The smallest absolute Gasteiger partial charge is 0.255 e. The predicted molar refractivity (Wildman–Crippen MR) is 85.8 cm³/mol. The molecule has 1 fully saturated rings. The Morgan fingerprint density at radius 2 is 2.35 bits per heavy atom. The van der Waals surface area contributed by atoms with Crippen LogP contribution >= 0.6 is 23.4 Å². The molecule has 1 aliphatic heterocycles. The summed E-state index contributed by atoms with van der Waals surface area (Å²) in [6.45, 7) is 4.73. The molecular formula is C15H21ClN2OS. The van der Waals surface area contributed by atoms with Crippen LogP contribution in [0.5, 0.6) is 0 Å². The van der Waals surface area contributed by atoms with Crippen LogP contribution in [0.25, 0.3) is 0 Å². The van der Waals surface area contributed by atoms with E-state index in [9.17, 15) is 4.79 Å². The van der Waals surface area contributed by atoms with E-state index >= 15 is 0 Å². The minimum Gasteiger partial charge on any atom is -0.338 e. The predicted octanol–water partition coefficient (Wildman–Crippen LogP) is 3.13. The maximum atomic E-state index is 12.7. The first-order valence-electron chi connectivity index (χ1n) is 7.02. The second-order valence-electron chi connectivity index (χ2n) is 5.04. The number of carbonyl (C=O) groups excluding carboxylic acids is 1. The summed E-state index contributed by atoms with van der Waals surface area (Å²) in [6, 6.07) is 5.60. The highest BCUT2D eigenvalue weighted by atomic mass is 35.5. The van der Waals surface area contributed by atoms with Crippen LogP contribution in [-0.2, 0) is 0 Å². The largest absolute Gasteiger partial charge is 0.338 e. The third-order valence-electron chi connectivity index (χ3n) is 3.54. The van der Waals surface area contributed by atoms with Gasteiger partial charge in [0, 0.05) is 23.0 Å². The van der Waals surface area contributed by atoms with Crippen LogP contribution in [0.15, 0.2) is 23.1 Å². The van der Waals surface area contributed by atoms with Crippen LogP contribution in [-0.4, -0.2) is 43.2 Å². The number of carbonyl (C=O) groups is 1. The number of benzene rings is 1. The Balaban J connectivity index is 2.14. The van der Waals surface area contributed by atoms with Gasteiger partial charge in [-0.25, -0.2) is 0 Å². The molecule has 1 atom stereocenters. The molecule has 0 bridgehead atoms. The maximum absolute atomic E-state index is 12.7. The summed E-state index contributed by atoms with van der Waals surface area (Å²) < 4.78 is 0. The standard InChI is InChI=1S/C15H21ClN2OS/c1-3-20-14-5-4-12(16)8-13(14)15(19)18-7-6-11(10-18)9-17-2/h4-5,8,11,17H,3,6-7,9-10H2,1-2H3. The second-order valence-corrected chi connectivity index (χ2v) is 6.78. The Morgan fingerprint density at radius 3 is 3.05 bits per heavy atom. The van der Waals surface area contributed by atoms with E-state index in [1.54, 1.807) is 17.8 Å². The highest BCUT2D eigenvalue weighted by molar-refractivity contribution is 7.99. The van der Waals surface area contributed by atoms with Gasteiger partial charge in [-0.05, 0) is 49.9 Å². The second kappa shape index (κ2) is 7.34. The molecule has 0 aliphatic carbocycles. The van der Waals surface area contributed by atoms with Crippen molar-refractivity contribution in [2.75, 3.05) is 32.4 Å². The summed E-state index contributed by atoms with van der Waals surface area (Å²) in [7, 11) is 1.96. The van der Waals surface area contributed by atoms with E-state index < -0.39 is 0 Å². The Morgan fingerprint density at radius 1 is 1.55 bits per heavy atom. The van der Waals surface area contributed by atoms with Crippen molar-refractivity contribution in [3.05, 3.63) is 28.8 Å². The number of hydrogen-bond acceptors (Lipinski definition) is 3.